The average Bonchev–Trinajstić information content (AvgIpc) is 2.59. The molecule has 0 aromatic rings. The van der Waals surface area contributed by atoms with Crippen molar-refractivity contribution in [1.82, 2.24) is 9.80 Å². The molecule has 6 nitrogen and oxygen atoms in total. The molecule has 0 heterocycles. The molecule has 0 aromatic carbocycles. The van der Waals surface area contributed by atoms with E-state index < -0.39 is 0 Å². The van der Waals surface area contributed by atoms with E-state index in [2.05, 4.69) is 27.7 Å². The van der Waals surface area contributed by atoms with Crippen molar-refractivity contribution >= 4 is 12.2 Å². The molecule has 0 bridgehead atoms. The van der Waals surface area contributed by atoms with Crippen molar-refractivity contribution in [3.8, 4) is 0 Å². The molecule has 0 radical (unpaired) electrons. The van der Waals surface area contributed by atoms with Crippen LogP contribution < -0.4 is 0 Å². The zero-order valence-corrected chi connectivity index (χ0v) is 18.8. The van der Waals surface area contributed by atoms with Gasteiger partial charge in [0.15, 0.2) is 0 Å². The molecule has 0 N–H and O–H groups in total. The molecule has 0 fully saturated rings. The van der Waals surface area contributed by atoms with Crippen LogP contribution >= 0.6 is 0 Å². The molecule has 0 unspecified atom stereocenters. The van der Waals surface area contributed by atoms with Gasteiger partial charge in [0.25, 0.3) is 0 Å². The van der Waals surface area contributed by atoms with Gasteiger partial charge < -0.3 is 19.3 Å². The Morgan fingerprint density at radius 1 is 0.704 bits per heavy atom. The maximum Gasteiger partial charge on any atom is 0.409 e. The maximum atomic E-state index is 12.4. The highest BCUT2D eigenvalue weighted by molar-refractivity contribution is 5.68. The first-order valence-electron chi connectivity index (χ1n) is 10.5. The second-order valence-corrected chi connectivity index (χ2v) is 8.15. The molecule has 0 atom stereocenters. The largest absolute Gasteiger partial charge is 0.449 e. The average molecular weight is 387 g/mol. The first-order valence-corrected chi connectivity index (χ1v) is 10.5. The molecular formula is C21H42N2O4. The third kappa shape index (κ3) is 9.34. The van der Waals surface area contributed by atoms with Crippen LogP contribution in [0.2, 0.25) is 0 Å². The highest BCUT2D eigenvalue weighted by atomic mass is 16.6. The predicted molar refractivity (Wildman–Crippen MR) is 110 cm³/mol. The minimum Gasteiger partial charge on any atom is -0.449 e. The van der Waals surface area contributed by atoms with Gasteiger partial charge in [0.2, 0.25) is 0 Å². The smallest absolute Gasteiger partial charge is 0.409 e. The Balaban J connectivity index is 5.32. The fraction of sp³-hybridized carbons (Fsp3) is 0.905. The number of hydrogen-bond acceptors (Lipinski definition) is 4. The summed E-state index contributed by atoms with van der Waals surface area (Å²) in [7, 11) is 0. The summed E-state index contributed by atoms with van der Waals surface area (Å²) in [5, 5.41) is 0. The summed E-state index contributed by atoms with van der Waals surface area (Å²) in [6.07, 6.45) is 1.07. The van der Waals surface area contributed by atoms with Crippen LogP contribution in [0.5, 0.6) is 0 Å². The van der Waals surface area contributed by atoms with Gasteiger partial charge in [-0.3, -0.25) is 0 Å². The van der Waals surface area contributed by atoms with Gasteiger partial charge in [0.1, 0.15) is 13.2 Å². The number of nitrogens with zero attached hydrogens (tertiary/aromatic N) is 2. The normalized spacial score (nSPS) is 11.6. The third-order valence-corrected chi connectivity index (χ3v) is 4.73. The summed E-state index contributed by atoms with van der Waals surface area (Å²) in [4.78, 5) is 28.0. The Kier molecular flexibility index (Phi) is 12.1. The van der Waals surface area contributed by atoms with E-state index in [4.69, 9.17) is 9.47 Å². The monoisotopic (exact) mass is 386 g/mol. The zero-order valence-electron chi connectivity index (χ0n) is 18.8. The summed E-state index contributed by atoms with van der Waals surface area (Å²) in [5.74, 6) is 0.811. The Bertz CT molecular complexity index is 390. The van der Waals surface area contributed by atoms with E-state index >= 15 is 0 Å². The Morgan fingerprint density at radius 2 is 1.00 bits per heavy atom. The lowest BCUT2D eigenvalue weighted by atomic mass is 9.75. The lowest BCUT2D eigenvalue weighted by Crippen LogP contribution is -2.41. The van der Waals surface area contributed by atoms with Crippen LogP contribution in [0.25, 0.3) is 0 Å². The fourth-order valence-corrected chi connectivity index (χ4v) is 3.67. The fourth-order valence-electron chi connectivity index (χ4n) is 3.67. The van der Waals surface area contributed by atoms with Crippen LogP contribution in [0.3, 0.4) is 0 Å². The maximum absolute atomic E-state index is 12.4. The van der Waals surface area contributed by atoms with Crippen LogP contribution in [0.4, 0.5) is 9.59 Å². The molecule has 0 spiro atoms. The predicted octanol–water partition coefficient (Wildman–Crippen LogP) is 5.02. The highest BCUT2D eigenvalue weighted by Crippen LogP contribution is 2.35. The summed E-state index contributed by atoms with van der Waals surface area (Å²) in [5.41, 5.74) is -0.367. The summed E-state index contributed by atoms with van der Waals surface area (Å²) >= 11 is 0. The number of hydrogen-bond donors (Lipinski definition) is 0. The summed E-state index contributed by atoms with van der Waals surface area (Å²) in [6.45, 7) is 19.3. The van der Waals surface area contributed by atoms with Crippen LogP contribution in [-0.2, 0) is 9.47 Å². The van der Waals surface area contributed by atoms with Crippen LogP contribution in [0.1, 0.15) is 68.2 Å². The molecule has 6 heteroatoms. The van der Waals surface area contributed by atoms with Crippen molar-refractivity contribution in [2.24, 2.45) is 17.3 Å². The van der Waals surface area contributed by atoms with Gasteiger partial charge in [0.05, 0.1) is 0 Å². The molecular weight excluding hydrogens is 344 g/mol. The van der Waals surface area contributed by atoms with Crippen LogP contribution in [0.15, 0.2) is 0 Å². The number of carbonyl (C=O) groups is 2. The summed E-state index contributed by atoms with van der Waals surface area (Å²) in [6, 6.07) is 0. The van der Waals surface area contributed by atoms with E-state index in [1.807, 2.05) is 27.7 Å². The Labute approximate surface area is 166 Å². The molecule has 0 aliphatic rings. The van der Waals surface area contributed by atoms with E-state index in [-0.39, 0.29) is 30.8 Å². The van der Waals surface area contributed by atoms with Gasteiger partial charge in [-0.25, -0.2) is 9.59 Å². The van der Waals surface area contributed by atoms with E-state index in [1.54, 1.807) is 9.80 Å². The number of ether oxygens (including phenoxy) is 2. The Hall–Kier alpha value is -1.46. The zero-order chi connectivity index (χ0) is 21.0. The highest BCUT2D eigenvalue weighted by Gasteiger charge is 2.36. The minimum atomic E-state index is -0.367. The quantitative estimate of drug-likeness (QED) is 0.472. The SMILES string of the molecule is CCN(CC)C(=O)OCC(COC(=O)N(CC)CC)(CC(C)C)CC(C)C. The minimum absolute atomic E-state index is 0.268. The molecule has 0 aromatic heterocycles. The van der Waals surface area contributed by atoms with Crippen LogP contribution in [-0.4, -0.2) is 61.4 Å². The molecule has 0 saturated carbocycles. The van der Waals surface area contributed by atoms with Crippen molar-refractivity contribution in [2.45, 2.75) is 68.2 Å². The van der Waals surface area contributed by atoms with Gasteiger partial charge in [-0.1, -0.05) is 27.7 Å². The first kappa shape index (κ1) is 25.5. The Morgan fingerprint density at radius 3 is 1.22 bits per heavy atom. The molecule has 0 aliphatic carbocycles. The van der Waals surface area contributed by atoms with Crippen molar-refractivity contribution in [1.29, 1.82) is 0 Å². The van der Waals surface area contributed by atoms with Gasteiger partial charge in [-0.05, 0) is 52.4 Å². The standard InChI is InChI=1S/C21H42N2O4/c1-9-22(10-2)19(24)26-15-21(13-17(5)6,14-18(7)8)16-27-20(25)23(11-3)12-4/h17-18H,9-16H2,1-8H3. The second kappa shape index (κ2) is 12.8. The molecule has 0 aliphatic heterocycles. The third-order valence-electron chi connectivity index (χ3n) is 4.73. The van der Waals surface area contributed by atoms with Gasteiger partial charge >= 0.3 is 12.2 Å². The van der Waals surface area contributed by atoms with E-state index in [9.17, 15) is 9.59 Å². The van der Waals surface area contributed by atoms with E-state index in [1.165, 1.54) is 0 Å². The van der Waals surface area contributed by atoms with Gasteiger partial charge in [-0.15, -0.1) is 0 Å². The van der Waals surface area contributed by atoms with E-state index in [0.717, 1.165) is 12.8 Å². The first-order chi connectivity index (χ1) is 12.6. The van der Waals surface area contributed by atoms with Crippen molar-refractivity contribution in [3.63, 3.8) is 0 Å². The summed E-state index contributed by atoms with van der Waals surface area (Å²) < 4.78 is 11.4. The van der Waals surface area contributed by atoms with Gasteiger partial charge in [-0.2, -0.15) is 0 Å². The second-order valence-electron chi connectivity index (χ2n) is 8.15. The topological polar surface area (TPSA) is 59.1 Å². The van der Waals surface area contributed by atoms with Gasteiger partial charge in [0, 0.05) is 31.6 Å². The molecule has 27 heavy (non-hydrogen) atoms. The van der Waals surface area contributed by atoms with Crippen LogP contribution in [0, 0.1) is 17.3 Å². The lowest BCUT2D eigenvalue weighted by molar-refractivity contribution is -0.0146. The lowest BCUT2D eigenvalue weighted by Gasteiger charge is -2.36. The van der Waals surface area contributed by atoms with Crippen molar-refractivity contribution in [3.05, 3.63) is 0 Å². The van der Waals surface area contributed by atoms with Crippen molar-refractivity contribution < 1.29 is 19.1 Å². The molecule has 0 saturated heterocycles. The number of amides is 2. The molecule has 160 valence electrons. The van der Waals surface area contributed by atoms with Crippen molar-refractivity contribution in [2.75, 3.05) is 39.4 Å². The molecule has 0 rings (SSSR count). The number of rotatable bonds is 12. The molecule has 2 amide bonds. The number of carbonyl (C=O) groups excluding carboxylic acids is 2. The van der Waals surface area contributed by atoms with E-state index in [0.29, 0.717) is 38.0 Å².